The van der Waals surface area contributed by atoms with Crippen LogP contribution in [0.1, 0.15) is 6.42 Å². The number of hydrogen-bond donors (Lipinski definition) is 2. The number of anilines is 1. The Kier molecular flexibility index (Phi) is 4.34. The highest BCUT2D eigenvalue weighted by Gasteiger charge is 2.05. The van der Waals surface area contributed by atoms with Crippen LogP contribution in [0, 0.1) is 0 Å². The number of benzene rings is 1. The van der Waals surface area contributed by atoms with E-state index in [2.05, 4.69) is 10.3 Å². The highest BCUT2D eigenvalue weighted by molar-refractivity contribution is 5.90. The Morgan fingerprint density at radius 2 is 1.95 bits per heavy atom. The van der Waals surface area contributed by atoms with E-state index in [-0.39, 0.29) is 30.2 Å². The summed E-state index contributed by atoms with van der Waals surface area (Å²) in [6.07, 6.45) is 1.69. The van der Waals surface area contributed by atoms with Crippen LogP contribution in [0.3, 0.4) is 0 Å². The molecule has 0 aliphatic heterocycles. The predicted molar refractivity (Wildman–Crippen MR) is 72.2 cm³/mol. The first-order chi connectivity index (χ1) is 9.25. The molecule has 1 aromatic heterocycles. The summed E-state index contributed by atoms with van der Waals surface area (Å²) in [6, 6.07) is 12.4. The molecule has 0 unspecified atom stereocenters. The number of carbonyl (C=O) groups is 1. The highest BCUT2D eigenvalue weighted by atomic mass is 16.5. The van der Waals surface area contributed by atoms with Crippen molar-refractivity contribution in [2.45, 2.75) is 6.42 Å². The van der Waals surface area contributed by atoms with E-state index in [0.29, 0.717) is 5.75 Å². The van der Waals surface area contributed by atoms with Crippen LogP contribution >= 0.6 is 0 Å². The molecule has 1 amide bonds. The molecule has 2 rings (SSSR count). The Hall–Kier alpha value is -2.56. The minimum absolute atomic E-state index is 0.184. The molecule has 0 aliphatic carbocycles. The lowest BCUT2D eigenvalue weighted by molar-refractivity contribution is -0.116. The molecule has 2 aromatic rings. The molecule has 19 heavy (non-hydrogen) atoms. The minimum Gasteiger partial charge on any atom is -0.493 e. The van der Waals surface area contributed by atoms with Crippen LogP contribution in [-0.4, -0.2) is 17.5 Å². The number of aromatic amines is 1. The van der Waals surface area contributed by atoms with E-state index in [1.807, 2.05) is 30.3 Å². The molecular weight excluding hydrogens is 244 g/mol. The molecule has 0 aliphatic rings. The third kappa shape index (κ3) is 3.99. The van der Waals surface area contributed by atoms with Gasteiger partial charge in [0.05, 0.1) is 13.0 Å². The van der Waals surface area contributed by atoms with Gasteiger partial charge in [0, 0.05) is 6.20 Å². The molecular formula is C14H14N2O3. The van der Waals surface area contributed by atoms with E-state index >= 15 is 0 Å². The average molecular weight is 258 g/mol. The third-order valence-electron chi connectivity index (χ3n) is 2.43. The van der Waals surface area contributed by atoms with Gasteiger partial charge in [0.1, 0.15) is 11.4 Å². The number of aromatic nitrogens is 1. The third-order valence-corrected chi connectivity index (χ3v) is 2.43. The normalized spacial score (nSPS) is 9.89. The van der Waals surface area contributed by atoms with Gasteiger partial charge >= 0.3 is 0 Å². The van der Waals surface area contributed by atoms with E-state index in [1.165, 1.54) is 6.20 Å². The van der Waals surface area contributed by atoms with Crippen LogP contribution in [0.2, 0.25) is 0 Å². The van der Waals surface area contributed by atoms with Crippen LogP contribution in [-0.2, 0) is 4.79 Å². The van der Waals surface area contributed by atoms with Gasteiger partial charge in [0.25, 0.3) is 5.56 Å². The Balaban J connectivity index is 1.79. The molecule has 0 atom stereocenters. The first-order valence-corrected chi connectivity index (χ1v) is 5.91. The topological polar surface area (TPSA) is 71.2 Å². The van der Waals surface area contributed by atoms with Gasteiger partial charge in [-0.15, -0.1) is 0 Å². The van der Waals surface area contributed by atoms with Crippen molar-refractivity contribution in [3.8, 4) is 5.75 Å². The maximum absolute atomic E-state index is 11.6. The van der Waals surface area contributed by atoms with Gasteiger partial charge in [-0.3, -0.25) is 9.59 Å². The maximum Gasteiger partial charge on any atom is 0.271 e. The monoisotopic (exact) mass is 258 g/mol. The lowest BCUT2D eigenvalue weighted by Gasteiger charge is -2.06. The fourth-order valence-corrected chi connectivity index (χ4v) is 1.51. The molecule has 0 saturated carbocycles. The lowest BCUT2D eigenvalue weighted by Crippen LogP contribution is -2.20. The van der Waals surface area contributed by atoms with Gasteiger partial charge in [-0.05, 0) is 24.3 Å². The number of para-hydroxylation sites is 1. The highest BCUT2D eigenvalue weighted by Crippen LogP contribution is 2.08. The van der Waals surface area contributed by atoms with Crippen LogP contribution in [0.5, 0.6) is 5.75 Å². The number of ether oxygens (including phenoxy) is 1. The summed E-state index contributed by atoms with van der Waals surface area (Å²) in [5, 5.41) is 2.53. The van der Waals surface area contributed by atoms with Crippen molar-refractivity contribution in [3.63, 3.8) is 0 Å². The first-order valence-electron chi connectivity index (χ1n) is 5.91. The molecule has 1 heterocycles. The number of amides is 1. The largest absolute Gasteiger partial charge is 0.493 e. The second-order valence-electron chi connectivity index (χ2n) is 3.87. The van der Waals surface area contributed by atoms with Crippen LogP contribution < -0.4 is 15.6 Å². The van der Waals surface area contributed by atoms with Crippen molar-refractivity contribution < 1.29 is 9.53 Å². The van der Waals surface area contributed by atoms with Crippen molar-refractivity contribution >= 4 is 11.6 Å². The second kappa shape index (κ2) is 6.39. The van der Waals surface area contributed by atoms with Crippen molar-refractivity contribution in [2.24, 2.45) is 0 Å². The standard InChI is InChI=1S/C14H14N2O3/c17-13(16-12-7-4-9-15-14(12)18)8-10-19-11-5-2-1-3-6-11/h1-7,9H,8,10H2,(H,15,18)(H,16,17). The Labute approximate surface area is 110 Å². The van der Waals surface area contributed by atoms with Crippen molar-refractivity contribution in [3.05, 3.63) is 59.0 Å². The summed E-state index contributed by atoms with van der Waals surface area (Å²) < 4.78 is 5.40. The number of hydrogen-bond acceptors (Lipinski definition) is 3. The summed E-state index contributed by atoms with van der Waals surface area (Å²) in [5.41, 5.74) is -0.0768. The predicted octanol–water partition coefficient (Wildman–Crippen LogP) is 1.78. The fourth-order valence-electron chi connectivity index (χ4n) is 1.51. The molecule has 5 heteroatoms. The van der Waals surface area contributed by atoms with Gasteiger partial charge in [0.2, 0.25) is 5.91 Å². The van der Waals surface area contributed by atoms with Gasteiger partial charge in [0.15, 0.2) is 0 Å². The molecule has 0 bridgehead atoms. The van der Waals surface area contributed by atoms with Crippen LogP contribution in [0.4, 0.5) is 5.69 Å². The number of rotatable bonds is 5. The average Bonchev–Trinajstić information content (AvgIpc) is 2.43. The van der Waals surface area contributed by atoms with E-state index in [4.69, 9.17) is 4.74 Å². The Bertz CT molecular complexity index is 593. The Morgan fingerprint density at radius 1 is 1.16 bits per heavy atom. The maximum atomic E-state index is 11.6. The van der Waals surface area contributed by atoms with Crippen molar-refractivity contribution in [2.75, 3.05) is 11.9 Å². The van der Waals surface area contributed by atoms with Crippen molar-refractivity contribution in [1.29, 1.82) is 0 Å². The zero-order valence-corrected chi connectivity index (χ0v) is 10.3. The molecule has 0 fully saturated rings. The molecule has 5 nitrogen and oxygen atoms in total. The zero-order valence-electron chi connectivity index (χ0n) is 10.3. The number of nitrogens with one attached hydrogen (secondary N) is 2. The van der Waals surface area contributed by atoms with Gasteiger partial charge in [-0.1, -0.05) is 18.2 Å². The van der Waals surface area contributed by atoms with E-state index in [0.717, 1.165) is 0 Å². The van der Waals surface area contributed by atoms with E-state index in [1.54, 1.807) is 12.1 Å². The molecule has 0 saturated heterocycles. The molecule has 2 N–H and O–H groups in total. The van der Waals surface area contributed by atoms with Gasteiger partial charge < -0.3 is 15.0 Å². The molecule has 0 radical (unpaired) electrons. The van der Waals surface area contributed by atoms with E-state index < -0.39 is 0 Å². The number of pyridine rings is 1. The summed E-state index contributed by atoms with van der Waals surface area (Å²) in [7, 11) is 0. The van der Waals surface area contributed by atoms with Crippen LogP contribution in [0.25, 0.3) is 0 Å². The fraction of sp³-hybridized carbons (Fsp3) is 0.143. The SMILES string of the molecule is O=C(CCOc1ccccc1)Nc1ccc[nH]c1=O. The minimum atomic E-state index is -0.320. The smallest absolute Gasteiger partial charge is 0.271 e. The summed E-state index contributed by atoms with van der Waals surface area (Å²) in [5.74, 6) is 0.459. The zero-order chi connectivity index (χ0) is 13.5. The molecule has 1 aromatic carbocycles. The Morgan fingerprint density at radius 3 is 2.68 bits per heavy atom. The molecule has 98 valence electrons. The summed E-state index contributed by atoms with van der Waals surface area (Å²) >= 11 is 0. The number of carbonyl (C=O) groups excluding carboxylic acids is 1. The summed E-state index contributed by atoms with van der Waals surface area (Å²) in [6.45, 7) is 0.264. The molecule has 0 spiro atoms. The van der Waals surface area contributed by atoms with Crippen molar-refractivity contribution in [1.82, 2.24) is 4.98 Å². The summed E-state index contributed by atoms with van der Waals surface area (Å²) in [4.78, 5) is 25.4. The number of H-pyrrole nitrogens is 1. The van der Waals surface area contributed by atoms with Gasteiger partial charge in [-0.25, -0.2) is 0 Å². The second-order valence-corrected chi connectivity index (χ2v) is 3.87. The lowest BCUT2D eigenvalue weighted by atomic mass is 10.3. The van der Waals surface area contributed by atoms with Gasteiger partial charge in [-0.2, -0.15) is 0 Å². The van der Waals surface area contributed by atoms with Crippen LogP contribution in [0.15, 0.2) is 53.5 Å². The van der Waals surface area contributed by atoms with E-state index in [9.17, 15) is 9.59 Å². The quantitative estimate of drug-likeness (QED) is 0.858. The first kappa shape index (κ1) is 12.9.